The van der Waals surface area contributed by atoms with Crippen LogP contribution in [0.5, 0.6) is 0 Å². The van der Waals surface area contributed by atoms with Gasteiger partial charge in [0.15, 0.2) is 0 Å². The Morgan fingerprint density at radius 2 is 2.15 bits per heavy atom. The van der Waals surface area contributed by atoms with Gasteiger partial charge in [0.05, 0.1) is 6.61 Å². The van der Waals surface area contributed by atoms with Crippen LogP contribution < -0.4 is 0 Å². The minimum Gasteiger partial charge on any atom is -0.377 e. The second kappa shape index (κ2) is 4.99. The first-order chi connectivity index (χ1) is 6.25. The monoisotopic (exact) mass is 192 g/mol. The standard InChI is InChI=1S/C11H16OSi/c1-3-12-8-10-6-4-5-7-11(10)9(2)13/h4-7H,2-3,8H2,1,13H3. The molecule has 0 aliphatic carbocycles. The summed E-state index contributed by atoms with van der Waals surface area (Å²) >= 11 is 0. The topological polar surface area (TPSA) is 9.23 Å². The Morgan fingerprint density at radius 1 is 1.46 bits per heavy atom. The molecule has 0 unspecified atom stereocenters. The number of benzene rings is 1. The van der Waals surface area contributed by atoms with E-state index in [4.69, 9.17) is 4.74 Å². The fourth-order valence-electron chi connectivity index (χ4n) is 1.27. The highest BCUT2D eigenvalue weighted by atomic mass is 28.1. The van der Waals surface area contributed by atoms with Crippen molar-refractivity contribution in [2.75, 3.05) is 6.61 Å². The fraction of sp³-hybridized carbons (Fsp3) is 0.273. The average molecular weight is 192 g/mol. The minimum absolute atomic E-state index is 0.702. The summed E-state index contributed by atoms with van der Waals surface area (Å²) in [5, 5.41) is 1.23. The van der Waals surface area contributed by atoms with E-state index in [-0.39, 0.29) is 0 Å². The van der Waals surface area contributed by atoms with Crippen molar-refractivity contribution in [3.05, 3.63) is 42.0 Å². The van der Waals surface area contributed by atoms with Crippen LogP contribution in [-0.4, -0.2) is 16.8 Å². The Balaban J connectivity index is 2.84. The first-order valence-electron chi connectivity index (χ1n) is 4.57. The first-order valence-corrected chi connectivity index (χ1v) is 5.57. The van der Waals surface area contributed by atoms with Gasteiger partial charge in [0.2, 0.25) is 0 Å². The average Bonchev–Trinajstić information content (AvgIpc) is 2.15. The quantitative estimate of drug-likeness (QED) is 0.658. The van der Waals surface area contributed by atoms with Crippen molar-refractivity contribution in [3.63, 3.8) is 0 Å². The molecule has 0 spiro atoms. The van der Waals surface area contributed by atoms with E-state index in [9.17, 15) is 0 Å². The third kappa shape index (κ3) is 2.83. The van der Waals surface area contributed by atoms with Crippen LogP contribution in [-0.2, 0) is 11.3 Å². The molecule has 1 nitrogen and oxygen atoms in total. The molecule has 1 aromatic rings. The van der Waals surface area contributed by atoms with Crippen LogP contribution in [0, 0.1) is 0 Å². The van der Waals surface area contributed by atoms with Crippen LogP contribution in [0.3, 0.4) is 0 Å². The van der Waals surface area contributed by atoms with Crippen molar-refractivity contribution >= 4 is 15.4 Å². The fourth-order valence-corrected chi connectivity index (χ4v) is 1.76. The van der Waals surface area contributed by atoms with Crippen molar-refractivity contribution < 1.29 is 4.74 Å². The molecule has 0 N–H and O–H groups in total. The summed E-state index contributed by atoms with van der Waals surface area (Å²) in [5.74, 6) is 0. The van der Waals surface area contributed by atoms with E-state index in [1.807, 2.05) is 19.1 Å². The summed E-state index contributed by atoms with van der Waals surface area (Å²) in [6, 6.07) is 8.31. The summed E-state index contributed by atoms with van der Waals surface area (Å²) in [4.78, 5) is 0. The maximum atomic E-state index is 5.38. The lowest BCUT2D eigenvalue weighted by atomic mass is 10.1. The highest BCUT2D eigenvalue weighted by molar-refractivity contribution is 6.41. The van der Waals surface area contributed by atoms with Gasteiger partial charge in [0.25, 0.3) is 0 Å². The predicted molar refractivity (Wildman–Crippen MR) is 60.7 cm³/mol. The molecule has 0 amide bonds. The van der Waals surface area contributed by atoms with Gasteiger partial charge in [-0.25, -0.2) is 0 Å². The van der Waals surface area contributed by atoms with Gasteiger partial charge >= 0.3 is 0 Å². The number of hydrogen-bond donors (Lipinski definition) is 0. The zero-order valence-electron chi connectivity index (χ0n) is 8.34. The zero-order valence-corrected chi connectivity index (χ0v) is 10.3. The third-order valence-corrected chi connectivity index (χ3v) is 2.48. The SMILES string of the molecule is C=C([SiH3])c1ccccc1COCC. The highest BCUT2D eigenvalue weighted by Crippen LogP contribution is 2.15. The molecule has 1 aromatic carbocycles. The van der Waals surface area contributed by atoms with E-state index in [0.717, 1.165) is 16.8 Å². The van der Waals surface area contributed by atoms with Crippen molar-refractivity contribution in [1.29, 1.82) is 0 Å². The molecule has 70 valence electrons. The molecule has 0 aliphatic heterocycles. The number of ether oxygens (including phenoxy) is 1. The van der Waals surface area contributed by atoms with E-state index in [1.54, 1.807) is 0 Å². The lowest BCUT2D eigenvalue weighted by Crippen LogP contribution is -1.96. The van der Waals surface area contributed by atoms with E-state index in [1.165, 1.54) is 16.3 Å². The summed E-state index contributed by atoms with van der Waals surface area (Å²) in [7, 11) is 1.01. The van der Waals surface area contributed by atoms with Gasteiger partial charge < -0.3 is 4.74 Å². The second-order valence-electron chi connectivity index (χ2n) is 3.07. The van der Waals surface area contributed by atoms with Crippen molar-refractivity contribution in [2.24, 2.45) is 0 Å². The smallest absolute Gasteiger partial charge is 0.0722 e. The van der Waals surface area contributed by atoms with Gasteiger partial charge in [0.1, 0.15) is 0 Å². The van der Waals surface area contributed by atoms with Gasteiger partial charge in [-0.2, -0.15) is 0 Å². The van der Waals surface area contributed by atoms with Gasteiger partial charge in [-0.1, -0.05) is 29.5 Å². The van der Waals surface area contributed by atoms with Crippen LogP contribution in [0.2, 0.25) is 0 Å². The first kappa shape index (κ1) is 10.2. The summed E-state index contributed by atoms with van der Waals surface area (Å²) in [6.45, 7) is 7.48. The molecule has 0 aromatic heterocycles. The maximum Gasteiger partial charge on any atom is 0.0722 e. The summed E-state index contributed by atoms with van der Waals surface area (Å²) in [6.07, 6.45) is 0. The van der Waals surface area contributed by atoms with E-state index in [0.29, 0.717) is 6.61 Å². The maximum absolute atomic E-state index is 5.38. The van der Waals surface area contributed by atoms with E-state index in [2.05, 4.69) is 18.7 Å². The van der Waals surface area contributed by atoms with Gasteiger partial charge in [0, 0.05) is 16.8 Å². The number of hydrogen-bond acceptors (Lipinski definition) is 1. The lowest BCUT2D eigenvalue weighted by Gasteiger charge is -2.08. The highest BCUT2D eigenvalue weighted by Gasteiger charge is 2.00. The van der Waals surface area contributed by atoms with Crippen molar-refractivity contribution in [2.45, 2.75) is 13.5 Å². The van der Waals surface area contributed by atoms with E-state index >= 15 is 0 Å². The van der Waals surface area contributed by atoms with Crippen molar-refractivity contribution in [1.82, 2.24) is 0 Å². The Morgan fingerprint density at radius 3 is 2.77 bits per heavy atom. The molecule has 13 heavy (non-hydrogen) atoms. The molecular weight excluding hydrogens is 176 g/mol. The van der Waals surface area contributed by atoms with Gasteiger partial charge in [-0.05, 0) is 18.1 Å². The number of rotatable bonds is 4. The minimum atomic E-state index is 0.702. The van der Waals surface area contributed by atoms with Crippen LogP contribution >= 0.6 is 0 Å². The van der Waals surface area contributed by atoms with Gasteiger partial charge in [-0.3, -0.25) is 0 Å². The largest absolute Gasteiger partial charge is 0.377 e. The summed E-state index contributed by atoms with van der Waals surface area (Å²) < 4.78 is 5.38. The molecule has 0 saturated heterocycles. The van der Waals surface area contributed by atoms with E-state index < -0.39 is 0 Å². The van der Waals surface area contributed by atoms with Gasteiger partial charge in [-0.15, -0.1) is 6.58 Å². The Labute approximate surface area is 82.9 Å². The molecule has 1 rings (SSSR count). The third-order valence-electron chi connectivity index (χ3n) is 1.94. The zero-order chi connectivity index (χ0) is 9.68. The summed E-state index contributed by atoms with van der Waals surface area (Å²) in [5.41, 5.74) is 2.52. The Kier molecular flexibility index (Phi) is 3.93. The van der Waals surface area contributed by atoms with Crippen molar-refractivity contribution in [3.8, 4) is 0 Å². The van der Waals surface area contributed by atoms with Crippen LogP contribution in [0.1, 0.15) is 18.1 Å². The normalized spacial score (nSPS) is 10.2. The lowest BCUT2D eigenvalue weighted by molar-refractivity contribution is 0.134. The predicted octanol–water partition coefficient (Wildman–Crippen LogP) is 1.56. The molecule has 0 heterocycles. The van der Waals surface area contributed by atoms with Crippen LogP contribution in [0.15, 0.2) is 30.8 Å². The molecular formula is C11H16OSi. The van der Waals surface area contributed by atoms with Crippen LogP contribution in [0.4, 0.5) is 0 Å². The molecule has 0 bridgehead atoms. The van der Waals surface area contributed by atoms with Crippen LogP contribution in [0.25, 0.3) is 5.20 Å². The molecule has 0 saturated carbocycles. The molecule has 0 aliphatic rings. The Bertz CT molecular complexity index is 294. The molecule has 2 heteroatoms. The second-order valence-corrected chi connectivity index (χ2v) is 4.28. The molecule has 0 atom stereocenters. The molecule has 0 fully saturated rings. The molecule has 0 radical (unpaired) electrons. The Hall–Kier alpha value is -0.863.